The van der Waals surface area contributed by atoms with Crippen LogP contribution in [0.5, 0.6) is 0 Å². The molecule has 0 aromatic heterocycles. The summed E-state index contributed by atoms with van der Waals surface area (Å²) in [6, 6.07) is 6.88. The minimum atomic E-state index is -0.222. The van der Waals surface area contributed by atoms with Crippen LogP contribution in [0.15, 0.2) is 24.3 Å². The third-order valence-electron chi connectivity index (χ3n) is 2.26. The van der Waals surface area contributed by atoms with Crippen LogP contribution in [0.25, 0.3) is 0 Å². The summed E-state index contributed by atoms with van der Waals surface area (Å²) in [7, 11) is 0. The molecule has 2 rings (SSSR count). The molecule has 1 aromatic rings. The molecule has 0 saturated heterocycles. The number of hydrogen-bond acceptors (Lipinski definition) is 3. The Kier molecular flexibility index (Phi) is 3.51. The average molecular weight is 256 g/mol. The van der Waals surface area contributed by atoms with Crippen LogP contribution < -0.4 is 0 Å². The number of amides is 2. The lowest BCUT2D eigenvalue weighted by Gasteiger charge is -2.10. The summed E-state index contributed by atoms with van der Waals surface area (Å²) in [6.07, 6.45) is 0.777. The minimum absolute atomic E-state index is 0.222. The van der Waals surface area contributed by atoms with Gasteiger partial charge < -0.3 is 0 Å². The molecule has 84 valence electrons. The van der Waals surface area contributed by atoms with Gasteiger partial charge in [-0.25, -0.2) is 4.31 Å². The highest BCUT2D eigenvalue weighted by molar-refractivity contribution is 7.98. The Morgan fingerprint density at radius 1 is 1.12 bits per heavy atom. The Bertz CT molecular complexity index is 401. The van der Waals surface area contributed by atoms with Crippen LogP contribution in [0.2, 0.25) is 0 Å². The van der Waals surface area contributed by atoms with Gasteiger partial charge in [-0.2, -0.15) is 0 Å². The summed E-state index contributed by atoms with van der Waals surface area (Å²) in [5.74, 6) is 0.769. The van der Waals surface area contributed by atoms with Gasteiger partial charge in [0.2, 0.25) is 0 Å². The van der Waals surface area contributed by atoms with Crippen molar-refractivity contribution in [2.24, 2.45) is 0 Å². The Morgan fingerprint density at radius 2 is 1.69 bits per heavy atom. The van der Waals surface area contributed by atoms with Crippen molar-refractivity contribution in [2.45, 2.75) is 6.42 Å². The monoisotopic (exact) mass is 255 g/mol. The SMILES string of the molecule is O=C1c2ccccc2C(=O)N1SCCCCl. The van der Waals surface area contributed by atoms with E-state index in [0.29, 0.717) is 22.8 Å². The number of fused-ring (bicyclic) bond motifs is 1. The van der Waals surface area contributed by atoms with E-state index in [9.17, 15) is 9.59 Å². The molecule has 0 spiro atoms. The van der Waals surface area contributed by atoms with Crippen LogP contribution in [0.3, 0.4) is 0 Å². The summed E-state index contributed by atoms with van der Waals surface area (Å²) in [5.41, 5.74) is 0.983. The van der Waals surface area contributed by atoms with E-state index >= 15 is 0 Å². The number of rotatable bonds is 4. The van der Waals surface area contributed by atoms with Crippen LogP contribution in [-0.2, 0) is 0 Å². The summed E-state index contributed by atoms with van der Waals surface area (Å²) in [6.45, 7) is 0. The quantitative estimate of drug-likeness (QED) is 0.359. The van der Waals surface area contributed by atoms with E-state index in [1.54, 1.807) is 24.3 Å². The minimum Gasteiger partial charge on any atom is -0.268 e. The summed E-state index contributed by atoms with van der Waals surface area (Å²) < 4.78 is 1.22. The van der Waals surface area contributed by atoms with Gasteiger partial charge >= 0.3 is 0 Å². The van der Waals surface area contributed by atoms with Gasteiger partial charge in [-0.05, 0) is 30.5 Å². The van der Waals surface area contributed by atoms with E-state index < -0.39 is 0 Å². The lowest BCUT2D eigenvalue weighted by molar-refractivity contribution is 0.0777. The van der Waals surface area contributed by atoms with Crippen molar-refractivity contribution in [1.29, 1.82) is 0 Å². The molecule has 0 atom stereocenters. The highest BCUT2D eigenvalue weighted by Crippen LogP contribution is 2.28. The lowest BCUT2D eigenvalue weighted by Crippen LogP contribution is -2.22. The van der Waals surface area contributed by atoms with Gasteiger partial charge in [0.25, 0.3) is 11.8 Å². The summed E-state index contributed by atoms with van der Waals surface area (Å²) in [5, 5.41) is 0. The molecule has 1 aromatic carbocycles. The largest absolute Gasteiger partial charge is 0.271 e. The first kappa shape index (κ1) is 11.5. The maximum atomic E-state index is 11.9. The number of alkyl halides is 1. The fourth-order valence-electron chi connectivity index (χ4n) is 1.49. The van der Waals surface area contributed by atoms with E-state index in [-0.39, 0.29) is 11.8 Å². The topological polar surface area (TPSA) is 37.4 Å². The van der Waals surface area contributed by atoms with Crippen molar-refractivity contribution < 1.29 is 9.59 Å². The molecule has 0 fully saturated rings. The van der Waals surface area contributed by atoms with Crippen molar-refractivity contribution in [2.75, 3.05) is 11.6 Å². The first-order valence-corrected chi connectivity index (χ1v) is 6.40. The molecule has 3 nitrogen and oxygen atoms in total. The predicted octanol–water partition coefficient (Wildman–Crippen LogP) is 2.56. The van der Waals surface area contributed by atoms with Gasteiger partial charge in [0, 0.05) is 11.6 Å². The van der Waals surface area contributed by atoms with Crippen molar-refractivity contribution in [1.82, 2.24) is 4.31 Å². The van der Waals surface area contributed by atoms with E-state index in [1.165, 1.54) is 16.3 Å². The Hall–Kier alpha value is -1.00. The van der Waals surface area contributed by atoms with Crippen molar-refractivity contribution in [3.05, 3.63) is 35.4 Å². The molecule has 1 heterocycles. The van der Waals surface area contributed by atoms with Crippen LogP contribution in [0.4, 0.5) is 0 Å². The van der Waals surface area contributed by atoms with E-state index in [1.807, 2.05) is 0 Å². The lowest BCUT2D eigenvalue weighted by atomic mass is 10.1. The number of nitrogens with zero attached hydrogens (tertiary/aromatic N) is 1. The highest BCUT2D eigenvalue weighted by Gasteiger charge is 2.35. The third kappa shape index (κ3) is 1.95. The number of carbonyl (C=O) groups excluding carboxylic acids is 2. The second kappa shape index (κ2) is 4.89. The molecule has 5 heteroatoms. The summed E-state index contributed by atoms with van der Waals surface area (Å²) in [4.78, 5) is 23.7. The molecule has 1 aliphatic heterocycles. The van der Waals surface area contributed by atoms with Crippen molar-refractivity contribution >= 4 is 35.4 Å². The Labute approximate surface area is 103 Å². The average Bonchev–Trinajstić information content (AvgIpc) is 2.55. The van der Waals surface area contributed by atoms with Gasteiger partial charge in [-0.3, -0.25) is 9.59 Å². The Balaban J connectivity index is 2.15. The van der Waals surface area contributed by atoms with Gasteiger partial charge in [0.05, 0.1) is 11.1 Å². The number of imide groups is 1. The van der Waals surface area contributed by atoms with Crippen LogP contribution >= 0.6 is 23.5 Å². The third-order valence-corrected chi connectivity index (χ3v) is 3.58. The zero-order valence-corrected chi connectivity index (χ0v) is 10.1. The molecule has 0 unspecified atom stereocenters. The zero-order valence-electron chi connectivity index (χ0n) is 8.48. The molecular weight excluding hydrogens is 246 g/mol. The summed E-state index contributed by atoms with van der Waals surface area (Å²) >= 11 is 6.78. The van der Waals surface area contributed by atoms with Crippen LogP contribution in [0.1, 0.15) is 27.1 Å². The fraction of sp³-hybridized carbons (Fsp3) is 0.273. The fourth-order valence-corrected chi connectivity index (χ4v) is 2.67. The molecule has 16 heavy (non-hydrogen) atoms. The standard InChI is InChI=1S/C11H10ClNO2S/c12-6-3-7-16-13-10(14)8-4-1-2-5-9(8)11(13)15/h1-2,4-5H,3,6-7H2. The molecule has 0 radical (unpaired) electrons. The molecule has 0 N–H and O–H groups in total. The van der Waals surface area contributed by atoms with Gasteiger partial charge in [-0.15, -0.1) is 11.6 Å². The number of halogens is 1. The van der Waals surface area contributed by atoms with Gasteiger partial charge in [0.15, 0.2) is 0 Å². The van der Waals surface area contributed by atoms with Gasteiger partial charge in [0.1, 0.15) is 0 Å². The van der Waals surface area contributed by atoms with Gasteiger partial charge in [-0.1, -0.05) is 12.1 Å². The van der Waals surface area contributed by atoms with Crippen molar-refractivity contribution in [3.8, 4) is 0 Å². The Morgan fingerprint density at radius 3 is 2.19 bits per heavy atom. The maximum absolute atomic E-state index is 11.9. The number of carbonyl (C=O) groups is 2. The number of benzene rings is 1. The van der Waals surface area contributed by atoms with E-state index in [4.69, 9.17) is 11.6 Å². The molecule has 0 saturated carbocycles. The molecule has 0 bridgehead atoms. The molecule has 0 aliphatic carbocycles. The van der Waals surface area contributed by atoms with Crippen molar-refractivity contribution in [3.63, 3.8) is 0 Å². The first-order chi connectivity index (χ1) is 7.75. The predicted molar refractivity (Wildman–Crippen MR) is 64.7 cm³/mol. The molecular formula is C11H10ClNO2S. The normalized spacial score (nSPS) is 14.4. The molecule has 1 aliphatic rings. The highest BCUT2D eigenvalue weighted by atomic mass is 35.5. The van der Waals surface area contributed by atoms with Crippen LogP contribution in [0, 0.1) is 0 Å². The molecule has 2 amide bonds. The van der Waals surface area contributed by atoms with E-state index in [0.717, 1.165) is 6.42 Å². The number of hydrogen-bond donors (Lipinski definition) is 0. The second-order valence-corrected chi connectivity index (χ2v) is 4.74. The van der Waals surface area contributed by atoms with Crippen LogP contribution in [-0.4, -0.2) is 27.8 Å². The van der Waals surface area contributed by atoms with E-state index in [2.05, 4.69) is 0 Å². The maximum Gasteiger partial charge on any atom is 0.271 e. The zero-order chi connectivity index (χ0) is 11.5. The smallest absolute Gasteiger partial charge is 0.268 e. The first-order valence-electron chi connectivity index (χ1n) is 4.92. The second-order valence-electron chi connectivity index (χ2n) is 3.33.